The Labute approximate surface area is 324 Å². The number of methoxy groups -OCH3 is 2. The maximum atomic E-state index is 12.9. The molecule has 2 aromatic carbocycles. The molecular weight excluding hydrogens is 687 g/mol. The van der Waals surface area contributed by atoms with Crippen LogP contribution in [0, 0.1) is 11.8 Å². The summed E-state index contributed by atoms with van der Waals surface area (Å²) in [6.07, 6.45) is 38.7. The van der Waals surface area contributed by atoms with E-state index >= 15 is 0 Å². The predicted molar refractivity (Wildman–Crippen MR) is 224 cm³/mol. The van der Waals surface area contributed by atoms with E-state index in [1.807, 2.05) is 79.0 Å². The van der Waals surface area contributed by atoms with E-state index in [4.69, 9.17) is 37.4 Å². The summed E-state index contributed by atoms with van der Waals surface area (Å²) in [4.78, 5) is 12.9. The van der Waals surface area contributed by atoms with Crippen molar-refractivity contribution in [2.24, 2.45) is 11.8 Å². The van der Waals surface area contributed by atoms with Crippen LogP contribution in [0.2, 0.25) is 10.0 Å². The van der Waals surface area contributed by atoms with E-state index in [1.54, 1.807) is 25.3 Å². The minimum absolute atomic E-state index is 0.397. The fourth-order valence-electron chi connectivity index (χ4n) is 5.57. The molecule has 0 radical (unpaired) electrons. The average Bonchev–Trinajstić information content (AvgIpc) is 3.09. The van der Waals surface area contributed by atoms with E-state index in [0.29, 0.717) is 27.5 Å². The van der Waals surface area contributed by atoms with Crippen molar-refractivity contribution in [3.8, 4) is 17.2 Å². The van der Waals surface area contributed by atoms with Gasteiger partial charge in [-0.25, -0.2) is 4.79 Å². The van der Waals surface area contributed by atoms with Gasteiger partial charge in [-0.1, -0.05) is 175 Å². The molecule has 0 atom stereocenters. The van der Waals surface area contributed by atoms with Crippen LogP contribution in [0.5, 0.6) is 17.2 Å². The van der Waals surface area contributed by atoms with Crippen LogP contribution in [-0.2, 0) is 17.6 Å². The molecule has 2 rings (SSSR count). The minimum atomic E-state index is -0.397. The molecule has 0 bridgehead atoms. The first-order valence-corrected chi connectivity index (χ1v) is 19.5. The van der Waals surface area contributed by atoms with Gasteiger partial charge in [0.05, 0.1) is 24.3 Å². The molecule has 0 fully saturated rings. The van der Waals surface area contributed by atoms with Crippen LogP contribution in [-0.4, -0.2) is 20.2 Å². The lowest BCUT2D eigenvalue weighted by Crippen LogP contribution is -2.08. The molecule has 0 aliphatic rings. The number of benzene rings is 2. The zero-order valence-corrected chi connectivity index (χ0v) is 33.7. The third kappa shape index (κ3) is 19.2. The van der Waals surface area contributed by atoms with Crippen molar-refractivity contribution in [2.75, 3.05) is 14.2 Å². The molecule has 4 nitrogen and oxygen atoms in total. The van der Waals surface area contributed by atoms with E-state index < -0.39 is 5.97 Å². The number of hydrogen-bond acceptors (Lipinski definition) is 4. The summed E-state index contributed by atoms with van der Waals surface area (Å²) in [5.41, 5.74) is 3.01. The lowest BCUT2D eigenvalue weighted by molar-refractivity contribution is -0.129. The fourth-order valence-corrected chi connectivity index (χ4v) is 6.23. The summed E-state index contributed by atoms with van der Waals surface area (Å²) < 4.78 is 16.9. The quantitative estimate of drug-likeness (QED) is 0.0353. The number of halogens is 2. The zero-order valence-electron chi connectivity index (χ0n) is 32.2. The molecule has 52 heavy (non-hydrogen) atoms. The van der Waals surface area contributed by atoms with Crippen LogP contribution in [0.1, 0.15) is 102 Å². The number of carbonyl (C=O) groups excluding carboxylic acids is 1. The number of allylic oxidation sites excluding steroid dienone is 12. The standard InChI is InChI=1S/C46H60Cl2O4/c1-36(2)26-21-17-15-16-19-23-30-40-43(50-5)34-39(29-25-27-37(3)4)35-44(40)52-45(49)31-24-20-14-12-10-8-7-9-11-13-18-22-28-38-32-41(47)46(51-6)42(48)33-38/h7-14,18,20,22,24,28,31-37H,15-17,19,21,23,25-27,29-30H2,1-6H3. The summed E-state index contributed by atoms with van der Waals surface area (Å²) in [6, 6.07) is 7.77. The van der Waals surface area contributed by atoms with Crippen LogP contribution < -0.4 is 14.2 Å². The Bertz CT molecular complexity index is 1530. The fraction of sp³-hybridized carbons (Fsp3) is 0.413. The van der Waals surface area contributed by atoms with Gasteiger partial charge in [-0.3, -0.25) is 0 Å². The van der Waals surface area contributed by atoms with E-state index in [0.717, 1.165) is 66.9 Å². The molecule has 0 amide bonds. The van der Waals surface area contributed by atoms with Gasteiger partial charge in [-0.2, -0.15) is 0 Å². The van der Waals surface area contributed by atoms with E-state index in [9.17, 15) is 4.79 Å². The van der Waals surface area contributed by atoms with E-state index in [1.165, 1.54) is 45.3 Å². The van der Waals surface area contributed by atoms with Crippen molar-refractivity contribution < 1.29 is 19.0 Å². The normalized spacial score (nSPS) is 12.6. The summed E-state index contributed by atoms with van der Waals surface area (Å²) in [6.45, 7) is 9.07. The lowest BCUT2D eigenvalue weighted by atomic mass is 9.97. The third-order valence-electron chi connectivity index (χ3n) is 8.33. The van der Waals surface area contributed by atoms with Gasteiger partial charge in [0, 0.05) is 11.6 Å². The Kier molecular flexibility index (Phi) is 23.0. The molecular formula is C46H60Cl2O4. The second-order valence-corrected chi connectivity index (χ2v) is 14.5. The van der Waals surface area contributed by atoms with Crippen molar-refractivity contribution >= 4 is 35.2 Å². The van der Waals surface area contributed by atoms with Crippen LogP contribution in [0.15, 0.2) is 103 Å². The molecule has 0 aliphatic carbocycles. The number of unbranched alkanes of at least 4 members (excludes halogenated alkanes) is 5. The Morgan fingerprint density at radius 3 is 1.65 bits per heavy atom. The molecule has 0 saturated heterocycles. The predicted octanol–water partition coefficient (Wildman–Crippen LogP) is 13.9. The van der Waals surface area contributed by atoms with Gasteiger partial charge in [0.15, 0.2) is 5.75 Å². The Balaban J connectivity index is 1.89. The summed E-state index contributed by atoms with van der Waals surface area (Å²) in [7, 11) is 3.24. The highest BCUT2D eigenvalue weighted by atomic mass is 35.5. The second kappa shape index (κ2) is 27.0. The summed E-state index contributed by atoms with van der Waals surface area (Å²) in [5, 5.41) is 0.951. The molecule has 0 aliphatic heterocycles. The van der Waals surface area contributed by atoms with Gasteiger partial charge in [-0.15, -0.1) is 0 Å². The second-order valence-electron chi connectivity index (χ2n) is 13.7. The maximum Gasteiger partial charge on any atom is 0.336 e. The summed E-state index contributed by atoms with van der Waals surface area (Å²) in [5.74, 6) is 2.94. The Morgan fingerprint density at radius 2 is 1.10 bits per heavy atom. The van der Waals surface area contributed by atoms with Crippen molar-refractivity contribution in [1.82, 2.24) is 0 Å². The highest BCUT2D eigenvalue weighted by Crippen LogP contribution is 2.35. The van der Waals surface area contributed by atoms with Gasteiger partial charge in [0.2, 0.25) is 0 Å². The van der Waals surface area contributed by atoms with Gasteiger partial charge in [0.1, 0.15) is 11.5 Å². The molecule has 0 spiro atoms. The molecule has 6 heteroatoms. The van der Waals surface area contributed by atoms with Crippen LogP contribution in [0.25, 0.3) is 6.08 Å². The van der Waals surface area contributed by atoms with E-state index in [2.05, 4.69) is 33.8 Å². The summed E-state index contributed by atoms with van der Waals surface area (Å²) >= 11 is 12.4. The van der Waals surface area contributed by atoms with Crippen molar-refractivity contribution in [3.63, 3.8) is 0 Å². The Morgan fingerprint density at radius 1 is 0.596 bits per heavy atom. The number of ether oxygens (including phenoxy) is 3. The number of rotatable bonds is 24. The molecule has 0 saturated carbocycles. The number of aryl methyl sites for hydroxylation is 1. The van der Waals surface area contributed by atoms with E-state index in [-0.39, 0.29) is 0 Å². The van der Waals surface area contributed by atoms with Crippen molar-refractivity contribution in [1.29, 1.82) is 0 Å². The maximum absolute atomic E-state index is 12.9. The smallest absolute Gasteiger partial charge is 0.336 e. The molecule has 2 aromatic rings. The average molecular weight is 748 g/mol. The first-order valence-electron chi connectivity index (χ1n) is 18.8. The van der Waals surface area contributed by atoms with Gasteiger partial charge >= 0.3 is 5.97 Å². The highest BCUT2D eigenvalue weighted by Gasteiger charge is 2.16. The first kappa shape index (κ1) is 44.4. The van der Waals surface area contributed by atoms with Crippen molar-refractivity contribution in [3.05, 3.63) is 130 Å². The number of hydrogen-bond donors (Lipinski definition) is 0. The SMILES string of the molecule is COc1cc(CCCC(C)C)cc(OC(=O)C=CC=CC=CC=CC=CC=CC=Cc2cc(Cl)c(OC)c(Cl)c2)c1CCCCCCCCC(C)C. The molecule has 0 unspecified atom stereocenters. The largest absolute Gasteiger partial charge is 0.496 e. The molecule has 0 N–H and O–H groups in total. The van der Waals surface area contributed by atoms with Gasteiger partial charge in [0.25, 0.3) is 0 Å². The Hall–Kier alpha value is -3.73. The topological polar surface area (TPSA) is 44.8 Å². The number of carbonyl (C=O) groups is 1. The third-order valence-corrected chi connectivity index (χ3v) is 8.89. The molecule has 282 valence electrons. The lowest BCUT2D eigenvalue weighted by Gasteiger charge is -2.16. The monoisotopic (exact) mass is 746 g/mol. The van der Waals surface area contributed by atoms with Gasteiger partial charge < -0.3 is 14.2 Å². The van der Waals surface area contributed by atoms with Crippen molar-refractivity contribution in [2.45, 2.75) is 98.3 Å². The highest BCUT2D eigenvalue weighted by molar-refractivity contribution is 6.37. The first-order chi connectivity index (χ1) is 25.1. The minimum Gasteiger partial charge on any atom is -0.496 e. The molecule has 0 heterocycles. The zero-order chi connectivity index (χ0) is 38.0. The number of esters is 1. The van der Waals surface area contributed by atoms with Gasteiger partial charge in [-0.05, 0) is 72.9 Å². The van der Waals surface area contributed by atoms with Crippen LogP contribution in [0.4, 0.5) is 0 Å². The molecule has 0 aromatic heterocycles. The van der Waals surface area contributed by atoms with Crippen LogP contribution >= 0.6 is 23.2 Å². The van der Waals surface area contributed by atoms with Crippen LogP contribution in [0.3, 0.4) is 0 Å².